The Hall–Kier alpha value is -8.28. The number of anilines is 4. The van der Waals surface area contributed by atoms with Gasteiger partial charge in [-0.25, -0.2) is 9.80 Å². The molecule has 11 heteroatoms. The molecule has 0 aliphatic carbocycles. The van der Waals surface area contributed by atoms with Gasteiger partial charge in [0.2, 0.25) is 0 Å². The monoisotopic (exact) mass is 774 g/mol. The molecule has 0 radical (unpaired) electrons. The summed E-state index contributed by atoms with van der Waals surface area (Å²) in [5.74, 6) is 5.20. The van der Waals surface area contributed by atoms with Crippen LogP contribution in [0.3, 0.4) is 0 Å². The number of benzene rings is 6. The molecule has 4 aliphatic rings. The number of hydrogen-bond acceptors (Lipinski definition) is 9. The number of imide groups is 2. The lowest BCUT2D eigenvalue weighted by Crippen LogP contribution is -2.33. The van der Waals surface area contributed by atoms with Gasteiger partial charge in [0.15, 0.2) is 13.5 Å². The van der Waals surface area contributed by atoms with Crippen molar-refractivity contribution in [2.75, 3.05) is 33.1 Å². The number of nitrogens with zero attached hydrogens (tertiary/aromatic N) is 4. The van der Waals surface area contributed by atoms with E-state index in [4.69, 9.17) is 27.1 Å². The fourth-order valence-corrected chi connectivity index (χ4v) is 7.78. The molecular formula is C48H30N4O7. The zero-order valence-electron chi connectivity index (χ0n) is 31.2. The SMILES string of the molecule is C#Cc1ccc(N2COc3ccc(N4C(=O)c5ccc(Oc6ccc7c(c6)C(=O)N(c6ccc8c(c6)CN(c6ccc(C#C)cc6)CO8)C7=O)cc5C4=O)cc3C2)cc1. The molecule has 0 unspecified atom stereocenters. The van der Waals surface area contributed by atoms with Gasteiger partial charge in [0.05, 0.1) is 33.6 Å². The highest BCUT2D eigenvalue weighted by Crippen LogP contribution is 2.39. The lowest BCUT2D eigenvalue weighted by molar-refractivity contribution is 0.0910. The van der Waals surface area contributed by atoms with Gasteiger partial charge < -0.3 is 24.0 Å². The Morgan fingerprint density at radius 3 is 1.25 bits per heavy atom. The number of hydrogen-bond donors (Lipinski definition) is 0. The first-order valence-electron chi connectivity index (χ1n) is 18.6. The molecule has 0 atom stereocenters. The van der Waals surface area contributed by atoms with Gasteiger partial charge in [-0.15, -0.1) is 12.8 Å². The van der Waals surface area contributed by atoms with Gasteiger partial charge in [-0.2, -0.15) is 0 Å². The molecule has 4 aliphatic heterocycles. The molecular weight excluding hydrogens is 745 g/mol. The largest absolute Gasteiger partial charge is 0.473 e. The molecule has 0 saturated carbocycles. The summed E-state index contributed by atoms with van der Waals surface area (Å²) in [6.45, 7) is 1.66. The highest BCUT2D eigenvalue weighted by Gasteiger charge is 2.39. The van der Waals surface area contributed by atoms with Crippen LogP contribution < -0.4 is 33.8 Å². The molecule has 59 heavy (non-hydrogen) atoms. The molecule has 6 aromatic rings. The summed E-state index contributed by atoms with van der Waals surface area (Å²) >= 11 is 0. The topological polar surface area (TPSA) is 109 Å². The maximum atomic E-state index is 13.8. The van der Waals surface area contributed by atoms with Crippen LogP contribution in [-0.2, 0) is 13.1 Å². The van der Waals surface area contributed by atoms with Crippen LogP contribution in [0.5, 0.6) is 23.0 Å². The summed E-state index contributed by atoms with van der Waals surface area (Å²) in [5, 5.41) is 0. The molecule has 11 nitrogen and oxygen atoms in total. The molecule has 10 rings (SSSR count). The number of terminal acetylenes is 2. The predicted octanol–water partition coefficient (Wildman–Crippen LogP) is 7.76. The normalized spacial score (nSPS) is 15.1. The molecule has 4 amide bonds. The van der Waals surface area contributed by atoms with Crippen molar-refractivity contribution < 1.29 is 33.4 Å². The van der Waals surface area contributed by atoms with Gasteiger partial charge in [-0.1, -0.05) is 11.8 Å². The Labute approximate surface area is 338 Å². The molecule has 0 saturated heterocycles. The quantitative estimate of drug-likeness (QED) is 0.124. The minimum atomic E-state index is -0.500. The van der Waals surface area contributed by atoms with Crippen LogP contribution in [0.4, 0.5) is 22.7 Å². The first kappa shape index (κ1) is 35.2. The van der Waals surface area contributed by atoms with Crippen molar-refractivity contribution in [3.05, 3.63) is 166 Å². The van der Waals surface area contributed by atoms with Crippen molar-refractivity contribution in [2.24, 2.45) is 0 Å². The van der Waals surface area contributed by atoms with E-state index >= 15 is 0 Å². The average Bonchev–Trinajstić information content (AvgIpc) is 3.68. The lowest BCUT2D eigenvalue weighted by Gasteiger charge is -2.31. The fraction of sp³-hybridized carbons (Fsp3) is 0.0833. The summed E-state index contributed by atoms with van der Waals surface area (Å²) in [7, 11) is 0. The second-order valence-electron chi connectivity index (χ2n) is 14.3. The minimum Gasteiger partial charge on any atom is -0.473 e. The third-order valence-corrected chi connectivity index (χ3v) is 10.8. The summed E-state index contributed by atoms with van der Waals surface area (Å²) in [4.78, 5) is 61.2. The zero-order chi connectivity index (χ0) is 40.4. The number of amides is 4. The molecule has 4 heterocycles. The summed E-state index contributed by atoms with van der Waals surface area (Å²) in [5.41, 5.74) is 6.67. The van der Waals surface area contributed by atoms with E-state index in [1.807, 2.05) is 58.3 Å². The molecule has 0 fully saturated rings. The third-order valence-electron chi connectivity index (χ3n) is 10.8. The fourth-order valence-electron chi connectivity index (χ4n) is 7.78. The zero-order valence-corrected chi connectivity index (χ0v) is 31.2. The van der Waals surface area contributed by atoms with Crippen LogP contribution in [-0.4, -0.2) is 37.1 Å². The van der Waals surface area contributed by atoms with Gasteiger partial charge in [-0.05, 0) is 121 Å². The molecule has 0 aromatic heterocycles. The van der Waals surface area contributed by atoms with Crippen molar-refractivity contribution in [2.45, 2.75) is 13.1 Å². The van der Waals surface area contributed by atoms with Gasteiger partial charge in [0.1, 0.15) is 23.0 Å². The van der Waals surface area contributed by atoms with E-state index in [1.165, 1.54) is 12.1 Å². The van der Waals surface area contributed by atoms with Crippen molar-refractivity contribution in [1.29, 1.82) is 0 Å². The second kappa shape index (κ2) is 13.7. The van der Waals surface area contributed by atoms with Crippen LogP contribution in [0, 0.1) is 24.7 Å². The first-order chi connectivity index (χ1) is 28.8. The van der Waals surface area contributed by atoms with Crippen LogP contribution in [0.2, 0.25) is 0 Å². The van der Waals surface area contributed by atoms with E-state index in [0.717, 1.165) is 43.4 Å². The average molecular weight is 775 g/mol. The van der Waals surface area contributed by atoms with Gasteiger partial charge in [-0.3, -0.25) is 19.2 Å². The van der Waals surface area contributed by atoms with E-state index in [9.17, 15) is 19.2 Å². The van der Waals surface area contributed by atoms with E-state index in [2.05, 4.69) is 11.8 Å². The second-order valence-corrected chi connectivity index (χ2v) is 14.3. The molecule has 0 N–H and O–H groups in total. The van der Waals surface area contributed by atoms with E-state index in [0.29, 0.717) is 49.4 Å². The van der Waals surface area contributed by atoms with Crippen molar-refractivity contribution in [3.63, 3.8) is 0 Å². The Morgan fingerprint density at radius 2 is 0.847 bits per heavy atom. The molecule has 284 valence electrons. The maximum absolute atomic E-state index is 13.8. The van der Waals surface area contributed by atoms with Crippen molar-refractivity contribution >= 4 is 46.4 Å². The van der Waals surface area contributed by atoms with Crippen molar-refractivity contribution in [1.82, 2.24) is 0 Å². The molecule has 0 spiro atoms. The van der Waals surface area contributed by atoms with E-state index in [1.54, 1.807) is 60.7 Å². The summed E-state index contributed by atoms with van der Waals surface area (Å²) in [6, 6.07) is 34.9. The number of ether oxygens (including phenoxy) is 3. The molecule has 0 bridgehead atoms. The van der Waals surface area contributed by atoms with E-state index in [-0.39, 0.29) is 33.8 Å². The lowest BCUT2D eigenvalue weighted by atomic mass is 10.1. The minimum absolute atomic E-state index is 0.176. The predicted molar refractivity (Wildman–Crippen MR) is 220 cm³/mol. The van der Waals surface area contributed by atoms with E-state index < -0.39 is 23.6 Å². The number of carbonyl (C=O) groups excluding carboxylic acids is 4. The Morgan fingerprint density at radius 1 is 0.458 bits per heavy atom. The highest BCUT2D eigenvalue weighted by atomic mass is 16.5. The Kier molecular flexibility index (Phi) is 8.18. The maximum Gasteiger partial charge on any atom is 0.266 e. The summed E-state index contributed by atoms with van der Waals surface area (Å²) in [6.07, 6.45) is 11.0. The highest BCUT2D eigenvalue weighted by molar-refractivity contribution is 6.35. The van der Waals surface area contributed by atoms with Crippen LogP contribution in [0.15, 0.2) is 121 Å². The van der Waals surface area contributed by atoms with Crippen LogP contribution in [0.25, 0.3) is 0 Å². The smallest absolute Gasteiger partial charge is 0.266 e. The standard InChI is InChI=1S/C48H30N4O7/c1-3-29-5-9-33(10-6-29)49-25-31-21-35(13-19-43(31)57-27-49)51-45(53)39-17-15-37(23-41(39)47(51)55)59-38-16-18-40-42(24-38)48(56)52(46(40)54)36-14-20-44-32(22-36)26-50(28-58-44)34-11-7-30(4-2)8-12-34/h1-2,5-24H,25-28H2. The summed E-state index contributed by atoms with van der Waals surface area (Å²) < 4.78 is 18.1. The van der Waals surface area contributed by atoms with Crippen molar-refractivity contribution in [3.8, 4) is 47.7 Å². The van der Waals surface area contributed by atoms with Gasteiger partial charge in [0, 0.05) is 46.7 Å². The molecule has 6 aromatic carbocycles. The number of fused-ring (bicyclic) bond motifs is 4. The number of rotatable bonds is 6. The Balaban J connectivity index is 0.851. The van der Waals surface area contributed by atoms with Crippen LogP contribution in [0.1, 0.15) is 63.7 Å². The first-order valence-corrected chi connectivity index (χ1v) is 18.6. The van der Waals surface area contributed by atoms with Crippen LogP contribution >= 0.6 is 0 Å². The number of carbonyl (C=O) groups is 4. The Bertz CT molecular complexity index is 2690. The third kappa shape index (κ3) is 5.97. The van der Waals surface area contributed by atoms with Gasteiger partial charge in [0.25, 0.3) is 23.6 Å². The van der Waals surface area contributed by atoms with Gasteiger partial charge >= 0.3 is 0 Å².